The summed E-state index contributed by atoms with van der Waals surface area (Å²) in [6.45, 7) is 2.61. The molecule has 0 fully saturated rings. The third-order valence-electron chi connectivity index (χ3n) is 1.94. The molecule has 84 valence electrons. The van der Waals surface area contributed by atoms with E-state index in [1.165, 1.54) is 0 Å². The van der Waals surface area contributed by atoms with Crippen LogP contribution in [0, 0.1) is 6.92 Å². The van der Waals surface area contributed by atoms with Gasteiger partial charge in [-0.05, 0) is 6.92 Å². The first kappa shape index (κ1) is 11.3. The van der Waals surface area contributed by atoms with E-state index >= 15 is 0 Å². The van der Waals surface area contributed by atoms with Crippen LogP contribution in [0.15, 0.2) is 17.6 Å². The molecule has 6 heteroatoms. The highest BCUT2D eigenvalue weighted by molar-refractivity contribution is 7.09. The third kappa shape index (κ3) is 3.15. The van der Waals surface area contributed by atoms with Crippen LogP contribution in [-0.2, 0) is 6.42 Å². The van der Waals surface area contributed by atoms with Gasteiger partial charge in [0.15, 0.2) is 0 Å². The van der Waals surface area contributed by atoms with Gasteiger partial charge < -0.3 is 5.32 Å². The van der Waals surface area contributed by atoms with Gasteiger partial charge >= 0.3 is 0 Å². The fourth-order valence-electron chi connectivity index (χ4n) is 1.30. The Bertz CT molecular complexity index is 438. The van der Waals surface area contributed by atoms with E-state index in [0.29, 0.717) is 11.0 Å². The number of halogens is 1. The molecule has 0 saturated carbocycles. The highest BCUT2D eigenvalue weighted by atomic mass is 35.5. The summed E-state index contributed by atoms with van der Waals surface area (Å²) in [4.78, 5) is 12.4. The lowest BCUT2D eigenvalue weighted by Crippen LogP contribution is -2.07. The summed E-state index contributed by atoms with van der Waals surface area (Å²) in [6, 6.07) is 1.72. The largest absolute Gasteiger partial charge is 0.369 e. The molecule has 0 aliphatic rings. The number of rotatable bonds is 4. The number of anilines is 1. The van der Waals surface area contributed by atoms with Gasteiger partial charge in [-0.2, -0.15) is 0 Å². The lowest BCUT2D eigenvalue weighted by Gasteiger charge is -2.05. The molecule has 0 atom stereocenters. The first-order valence-corrected chi connectivity index (χ1v) is 6.13. The fraction of sp³-hybridized carbons (Fsp3) is 0.300. The minimum absolute atomic E-state index is 0.462. The molecule has 2 aromatic heterocycles. The fourth-order valence-corrected chi connectivity index (χ4v) is 2.14. The Morgan fingerprint density at radius 2 is 2.31 bits per heavy atom. The van der Waals surface area contributed by atoms with Crippen LogP contribution in [0.3, 0.4) is 0 Å². The van der Waals surface area contributed by atoms with Crippen molar-refractivity contribution in [3.63, 3.8) is 0 Å². The van der Waals surface area contributed by atoms with E-state index in [9.17, 15) is 0 Å². The van der Waals surface area contributed by atoms with E-state index in [1.54, 1.807) is 17.4 Å². The standard InChI is InChI=1S/C10H11ClN4S/c1-7-14-8(11)6-9(15-7)12-3-2-10-13-4-5-16-10/h4-6H,2-3H2,1H3,(H,12,14,15). The second-order valence-electron chi connectivity index (χ2n) is 3.23. The molecule has 16 heavy (non-hydrogen) atoms. The minimum atomic E-state index is 0.462. The summed E-state index contributed by atoms with van der Waals surface area (Å²) in [7, 11) is 0. The van der Waals surface area contributed by atoms with E-state index in [0.717, 1.165) is 23.8 Å². The molecule has 2 heterocycles. The zero-order valence-corrected chi connectivity index (χ0v) is 10.3. The average Bonchev–Trinajstić information content (AvgIpc) is 2.69. The van der Waals surface area contributed by atoms with E-state index < -0.39 is 0 Å². The molecule has 4 nitrogen and oxygen atoms in total. The number of nitrogens with one attached hydrogen (secondary N) is 1. The summed E-state index contributed by atoms with van der Waals surface area (Å²) in [6.07, 6.45) is 2.70. The van der Waals surface area contributed by atoms with Crippen LogP contribution in [0.5, 0.6) is 0 Å². The number of nitrogens with zero attached hydrogens (tertiary/aromatic N) is 3. The van der Waals surface area contributed by atoms with Gasteiger partial charge in [0.1, 0.15) is 16.8 Å². The van der Waals surface area contributed by atoms with Gasteiger partial charge in [-0.3, -0.25) is 0 Å². The number of aryl methyl sites for hydroxylation is 1. The van der Waals surface area contributed by atoms with Crippen molar-refractivity contribution in [3.8, 4) is 0 Å². The Hall–Kier alpha value is -1.20. The Morgan fingerprint density at radius 3 is 3.00 bits per heavy atom. The van der Waals surface area contributed by atoms with E-state index in [-0.39, 0.29) is 0 Å². The molecule has 0 aliphatic heterocycles. The number of aromatic nitrogens is 3. The van der Waals surface area contributed by atoms with Crippen LogP contribution in [0.25, 0.3) is 0 Å². The number of hydrogen-bond donors (Lipinski definition) is 1. The van der Waals surface area contributed by atoms with Gasteiger partial charge in [-0.15, -0.1) is 11.3 Å². The van der Waals surface area contributed by atoms with Crippen molar-refractivity contribution in [2.24, 2.45) is 0 Å². The zero-order chi connectivity index (χ0) is 11.4. The van der Waals surface area contributed by atoms with Gasteiger partial charge in [0.2, 0.25) is 0 Å². The molecule has 0 saturated heterocycles. The van der Waals surface area contributed by atoms with Crippen LogP contribution in [-0.4, -0.2) is 21.5 Å². The molecule has 0 aliphatic carbocycles. The predicted molar refractivity (Wildman–Crippen MR) is 66.1 cm³/mol. The van der Waals surface area contributed by atoms with Crippen LogP contribution < -0.4 is 5.32 Å². The molecule has 0 amide bonds. The molecule has 1 N–H and O–H groups in total. The minimum Gasteiger partial charge on any atom is -0.369 e. The van der Waals surface area contributed by atoms with Gasteiger partial charge in [-0.1, -0.05) is 11.6 Å². The number of thiazole rings is 1. The predicted octanol–water partition coefficient (Wildman–Crippen LogP) is 2.55. The lowest BCUT2D eigenvalue weighted by molar-refractivity contribution is 0.969. The van der Waals surface area contributed by atoms with Crippen molar-refractivity contribution < 1.29 is 0 Å². The summed E-state index contributed by atoms with van der Waals surface area (Å²) in [5.41, 5.74) is 0. The van der Waals surface area contributed by atoms with Gasteiger partial charge in [0, 0.05) is 30.6 Å². The first-order chi connectivity index (χ1) is 7.74. The zero-order valence-electron chi connectivity index (χ0n) is 8.77. The molecule has 2 aromatic rings. The molecule has 2 rings (SSSR count). The van der Waals surface area contributed by atoms with E-state index in [1.807, 2.05) is 18.5 Å². The van der Waals surface area contributed by atoms with Crippen molar-refractivity contribution in [1.82, 2.24) is 15.0 Å². The van der Waals surface area contributed by atoms with Crippen molar-refractivity contribution in [2.45, 2.75) is 13.3 Å². The van der Waals surface area contributed by atoms with Crippen molar-refractivity contribution in [3.05, 3.63) is 33.6 Å². The summed E-state index contributed by atoms with van der Waals surface area (Å²) in [5, 5.41) is 6.75. The molecule has 0 bridgehead atoms. The van der Waals surface area contributed by atoms with E-state index in [4.69, 9.17) is 11.6 Å². The molecule has 0 aromatic carbocycles. The Balaban J connectivity index is 1.89. The number of hydrogen-bond acceptors (Lipinski definition) is 5. The van der Waals surface area contributed by atoms with E-state index in [2.05, 4.69) is 20.3 Å². The van der Waals surface area contributed by atoms with Crippen LogP contribution >= 0.6 is 22.9 Å². The average molecular weight is 255 g/mol. The SMILES string of the molecule is Cc1nc(Cl)cc(NCCc2nccs2)n1. The molecular weight excluding hydrogens is 244 g/mol. The normalized spacial score (nSPS) is 10.4. The maximum Gasteiger partial charge on any atom is 0.134 e. The maximum absolute atomic E-state index is 5.83. The summed E-state index contributed by atoms with van der Waals surface area (Å²) in [5.74, 6) is 1.43. The molecular formula is C10H11ClN4S. The van der Waals surface area contributed by atoms with Gasteiger partial charge in [-0.25, -0.2) is 15.0 Å². The lowest BCUT2D eigenvalue weighted by atomic mass is 10.4. The van der Waals surface area contributed by atoms with Crippen LogP contribution in [0.2, 0.25) is 5.15 Å². The quantitative estimate of drug-likeness (QED) is 0.852. The third-order valence-corrected chi connectivity index (χ3v) is 2.97. The molecule has 0 unspecified atom stereocenters. The summed E-state index contributed by atoms with van der Waals surface area (Å²) < 4.78 is 0. The molecule has 0 radical (unpaired) electrons. The van der Waals surface area contributed by atoms with Crippen molar-refractivity contribution in [1.29, 1.82) is 0 Å². The van der Waals surface area contributed by atoms with Gasteiger partial charge in [0.25, 0.3) is 0 Å². The Morgan fingerprint density at radius 1 is 1.44 bits per heavy atom. The Labute approximate surface area is 103 Å². The Kier molecular flexibility index (Phi) is 3.69. The van der Waals surface area contributed by atoms with Crippen molar-refractivity contribution in [2.75, 3.05) is 11.9 Å². The summed E-state index contributed by atoms with van der Waals surface area (Å²) >= 11 is 7.48. The van der Waals surface area contributed by atoms with Gasteiger partial charge in [0.05, 0.1) is 5.01 Å². The topological polar surface area (TPSA) is 50.7 Å². The highest BCUT2D eigenvalue weighted by Gasteiger charge is 2.00. The molecule has 0 spiro atoms. The second-order valence-corrected chi connectivity index (χ2v) is 4.59. The van der Waals surface area contributed by atoms with Crippen molar-refractivity contribution >= 4 is 28.8 Å². The highest BCUT2D eigenvalue weighted by Crippen LogP contribution is 2.11. The second kappa shape index (κ2) is 5.23. The maximum atomic E-state index is 5.83. The smallest absolute Gasteiger partial charge is 0.134 e. The van der Waals surface area contributed by atoms with Crippen LogP contribution in [0.4, 0.5) is 5.82 Å². The monoisotopic (exact) mass is 254 g/mol. The van der Waals surface area contributed by atoms with Crippen LogP contribution in [0.1, 0.15) is 10.8 Å². The first-order valence-electron chi connectivity index (χ1n) is 4.87.